The lowest BCUT2D eigenvalue weighted by Crippen LogP contribution is -2.31. The molecule has 1 rings (SSSR count). The molecule has 1 heterocycles. The zero-order valence-electron chi connectivity index (χ0n) is 11.3. The molecule has 102 valence electrons. The first-order valence-electron chi connectivity index (χ1n) is 6.18. The summed E-state index contributed by atoms with van der Waals surface area (Å²) in [6, 6.07) is -0.238. The SMILES string of the molecule is CCCC(N)c1nc(C(=O)NCCN(C)C)co1. The van der Waals surface area contributed by atoms with Crippen molar-refractivity contribution < 1.29 is 9.21 Å². The van der Waals surface area contributed by atoms with Crippen LogP contribution >= 0.6 is 0 Å². The van der Waals surface area contributed by atoms with Crippen molar-refractivity contribution in [2.75, 3.05) is 27.2 Å². The van der Waals surface area contributed by atoms with Crippen LogP contribution in [0.25, 0.3) is 0 Å². The van der Waals surface area contributed by atoms with Gasteiger partial charge in [-0.15, -0.1) is 0 Å². The van der Waals surface area contributed by atoms with Gasteiger partial charge < -0.3 is 20.4 Å². The third-order valence-electron chi connectivity index (χ3n) is 2.52. The van der Waals surface area contributed by atoms with Crippen LogP contribution < -0.4 is 11.1 Å². The lowest BCUT2D eigenvalue weighted by Gasteiger charge is -2.09. The second-order valence-electron chi connectivity index (χ2n) is 4.53. The number of amides is 1. The summed E-state index contributed by atoms with van der Waals surface area (Å²) in [5.41, 5.74) is 6.15. The third-order valence-corrected chi connectivity index (χ3v) is 2.52. The first kappa shape index (κ1) is 14.7. The number of oxazole rings is 1. The molecular formula is C12H22N4O2. The number of nitrogens with zero attached hydrogens (tertiary/aromatic N) is 2. The van der Waals surface area contributed by atoms with E-state index in [1.807, 2.05) is 25.9 Å². The molecule has 6 nitrogen and oxygen atoms in total. The molecular weight excluding hydrogens is 232 g/mol. The molecule has 0 radical (unpaired) electrons. The Morgan fingerprint density at radius 2 is 2.33 bits per heavy atom. The van der Waals surface area contributed by atoms with E-state index in [-0.39, 0.29) is 17.6 Å². The van der Waals surface area contributed by atoms with Crippen LogP contribution in [0.1, 0.15) is 42.2 Å². The maximum Gasteiger partial charge on any atom is 0.273 e. The van der Waals surface area contributed by atoms with Gasteiger partial charge in [-0.25, -0.2) is 4.98 Å². The summed E-state index contributed by atoms with van der Waals surface area (Å²) >= 11 is 0. The molecule has 1 aromatic rings. The van der Waals surface area contributed by atoms with Crippen molar-refractivity contribution in [2.24, 2.45) is 5.73 Å². The molecule has 0 saturated heterocycles. The largest absolute Gasteiger partial charge is 0.446 e. The average molecular weight is 254 g/mol. The fourth-order valence-electron chi connectivity index (χ4n) is 1.48. The highest BCUT2D eigenvalue weighted by Crippen LogP contribution is 2.14. The highest BCUT2D eigenvalue weighted by Gasteiger charge is 2.16. The second kappa shape index (κ2) is 7.13. The Labute approximate surface area is 108 Å². The van der Waals surface area contributed by atoms with E-state index in [4.69, 9.17) is 10.2 Å². The minimum atomic E-state index is -0.238. The van der Waals surface area contributed by atoms with Crippen molar-refractivity contribution in [3.8, 4) is 0 Å². The molecule has 0 saturated carbocycles. The van der Waals surface area contributed by atoms with E-state index in [0.717, 1.165) is 19.4 Å². The van der Waals surface area contributed by atoms with E-state index in [0.29, 0.717) is 12.4 Å². The highest BCUT2D eigenvalue weighted by molar-refractivity contribution is 5.91. The third kappa shape index (κ3) is 4.46. The van der Waals surface area contributed by atoms with Crippen LogP contribution in [0.2, 0.25) is 0 Å². The lowest BCUT2D eigenvalue weighted by molar-refractivity contribution is 0.0946. The summed E-state index contributed by atoms with van der Waals surface area (Å²) in [6.07, 6.45) is 3.10. The first-order chi connectivity index (χ1) is 8.54. The van der Waals surface area contributed by atoms with E-state index >= 15 is 0 Å². The van der Waals surface area contributed by atoms with Crippen molar-refractivity contribution in [3.63, 3.8) is 0 Å². The Morgan fingerprint density at radius 3 is 2.94 bits per heavy atom. The van der Waals surface area contributed by atoms with Gasteiger partial charge in [-0.2, -0.15) is 0 Å². The number of carbonyl (C=O) groups is 1. The number of rotatable bonds is 7. The summed E-state index contributed by atoms with van der Waals surface area (Å²) in [5, 5.41) is 2.77. The zero-order chi connectivity index (χ0) is 13.5. The first-order valence-corrected chi connectivity index (χ1v) is 6.18. The minimum Gasteiger partial charge on any atom is -0.446 e. The van der Waals surface area contributed by atoms with Gasteiger partial charge >= 0.3 is 0 Å². The van der Waals surface area contributed by atoms with Gasteiger partial charge in [-0.1, -0.05) is 13.3 Å². The quantitative estimate of drug-likeness (QED) is 0.750. The molecule has 0 fully saturated rings. The molecule has 0 aliphatic rings. The highest BCUT2D eigenvalue weighted by atomic mass is 16.3. The summed E-state index contributed by atoms with van der Waals surface area (Å²) in [4.78, 5) is 17.8. The summed E-state index contributed by atoms with van der Waals surface area (Å²) < 4.78 is 5.22. The fraction of sp³-hybridized carbons (Fsp3) is 0.667. The van der Waals surface area contributed by atoms with E-state index in [2.05, 4.69) is 10.3 Å². The van der Waals surface area contributed by atoms with Crippen molar-refractivity contribution in [1.82, 2.24) is 15.2 Å². The molecule has 0 bridgehead atoms. The van der Waals surface area contributed by atoms with Crippen molar-refractivity contribution in [1.29, 1.82) is 0 Å². The molecule has 1 aromatic heterocycles. The number of aromatic nitrogens is 1. The van der Waals surface area contributed by atoms with Crippen molar-refractivity contribution in [2.45, 2.75) is 25.8 Å². The molecule has 3 N–H and O–H groups in total. The fourth-order valence-corrected chi connectivity index (χ4v) is 1.48. The molecule has 1 atom stereocenters. The average Bonchev–Trinajstić information content (AvgIpc) is 2.78. The van der Waals surface area contributed by atoms with Crippen LogP contribution in [0.15, 0.2) is 10.7 Å². The molecule has 0 aliphatic carbocycles. The predicted molar refractivity (Wildman–Crippen MR) is 69.2 cm³/mol. The van der Waals surface area contributed by atoms with Gasteiger partial charge in [0.05, 0.1) is 6.04 Å². The van der Waals surface area contributed by atoms with E-state index < -0.39 is 0 Å². The van der Waals surface area contributed by atoms with Gasteiger partial charge in [0, 0.05) is 13.1 Å². The Balaban J connectivity index is 2.49. The van der Waals surface area contributed by atoms with E-state index in [9.17, 15) is 4.79 Å². The van der Waals surface area contributed by atoms with Crippen LogP contribution in [0.4, 0.5) is 0 Å². The topological polar surface area (TPSA) is 84.4 Å². The van der Waals surface area contributed by atoms with Crippen molar-refractivity contribution in [3.05, 3.63) is 17.8 Å². The molecule has 6 heteroatoms. The zero-order valence-corrected chi connectivity index (χ0v) is 11.3. The molecule has 0 aromatic carbocycles. The van der Waals surface area contributed by atoms with Crippen LogP contribution in [-0.2, 0) is 0 Å². The standard InChI is InChI=1S/C12H22N4O2/c1-4-5-9(13)12-15-10(8-18-12)11(17)14-6-7-16(2)3/h8-9H,4-7,13H2,1-3H3,(H,14,17). The molecule has 18 heavy (non-hydrogen) atoms. The van der Waals surface area contributed by atoms with Crippen LogP contribution in [-0.4, -0.2) is 43.0 Å². The van der Waals surface area contributed by atoms with E-state index in [1.165, 1.54) is 6.26 Å². The molecule has 1 unspecified atom stereocenters. The van der Waals surface area contributed by atoms with Crippen LogP contribution in [0.3, 0.4) is 0 Å². The summed E-state index contributed by atoms with van der Waals surface area (Å²) in [7, 11) is 3.90. The molecule has 0 aliphatic heterocycles. The van der Waals surface area contributed by atoms with Gasteiger partial charge in [0.1, 0.15) is 6.26 Å². The number of carbonyl (C=O) groups excluding carboxylic acids is 1. The second-order valence-corrected chi connectivity index (χ2v) is 4.53. The number of likely N-dealkylation sites (N-methyl/N-ethyl adjacent to an activating group) is 1. The van der Waals surface area contributed by atoms with Gasteiger partial charge in [0.15, 0.2) is 5.69 Å². The van der Waals surface area contributed by atoms with Gasteiger partial charge in [0.25, 0.3) is 5.91 Å². The monoisotopic (exact) mass is 254 g/mol. The summed E-state index contributed by atoms with van der Waals surface area (Å²) in [5.74, 6) is 0.199. The Bertz CT molecular complexity index is 376. The molecule has 0 spiro atoms. The predicted octanol–water partition coefficient (Wildman–Crippen LogP) is 0.766. The number of hydrogen-bond acceptors (Lipinski definition) is 5. The maximum atomic E-state index is 11.7. The van der Waals surface area contributed by atoms with Gasteiger partial charge in [-0.05, 0) is 20.5 Å². The maximum absolute atomic E-state index is 11.7. The molecule has 1 amide bonds. The Hall–Kier alpha value is -1.40. The number of nitrogens with one attached hydrogen (secondary N) is 1. The number of hydrogen-bond donors (Lipinski definition) is 2. The van der Waals surface area contributed by atoms with Gasteiger partial charge in [-0.3, -0.25) is 4.79 Å². The van der Waals surface area contributed by atoms with Crippen LogP contribution in [0.5, 0.6) is 0 Å². The Morgan fingerprint density at radius 1 is 1.61 bits per heavy atom. The van der Waals surface area contributed by atoms with Crippen molar-refractivity contribution >= 4 is 5.91 Å². The van der Waals surface area contributed by atoms with E-state index in [1.54, 1.807) is 0 Å². The van der Waals surface area contributed by atoms with Gasteiger partial charge in [0.2, 0.25) is 5.89 Å². The Kier molecular flexibility index (Phi) is 5.80. The number of nitrogens with two attached hydrogens (primary N) is 1. The smallest absolute Gasteiger partial charge is 0.273 e. The minimum absolute atomic E-state index is 0.226. The normalized spacial score (nSPS) is 12.7. The summed E-state index contributed by atoms with van der Waals surface area (Å²) in [6.45, 7) is 3.40. The van der Waals surface area contributed by atoms with Crippen LogP contribution in [0, 0.1) is 0 Å². The lowest BCUT2D eigenvalue weighted by atomic mass is 10.2.